The Hall–Kier alpha value is -2.61. The highest BCUT2D eigenvalue weighted by Crippen LogP contribution is 2.24. The van der Waals surface area contributed by atoms with E-state index in [9.17, 15) is 19.2 Å². The fraction of sp³-hybridized carbons (Fsp3) is 0.444. The Balaban J connectivity index is 1.94. The second kappa shape index (κ2) is 8.39. The molecule has 1 heterocycles. The van der Waals surface area contributed by atoms with Crippen molar-refractivity contribution in [2.24, 2.45) is 0 Å². The van der Waals surface area contributed by atoms with Crippen molar-refractivity contribution in [3.8, 4) is 0 Å². The molecule has 27 heavy (non-hydrogen) atoms. The molecule has 1 atom stereocenters. The zero-order valence-electron chi connectivity index (χ0n) is 15.4. The van der Waals surface area contributed by atoms with Gasteiger partial charge in [0, 0.05) is 10.7 Å². The molecule has 2 N–H and O–H groups in total. The van der Waals surface area contributed by atoms with Crippen molar-refractivity contribution in [3.63, 3.8) is 0 Å². The number of anilines is 1. The Labute approximate surface area is 162 Å². The minimum atomic E-state index is -1.11. The van der Waals surface area contributed by atoms with Gasteiger partial charge in [0.2, 0.25) is 0 Å². The molecule has 8 nitrogen and oxygen atoms in total. The highest BCUT2D eigenvalue weighted by Gasteiger charge is 2.49. The molecular formula is C18H22ClN3O5. The fourth-order valence-corrected chi connectivity index (χ4v) is 2.97. The molecule has 0 unspecified atom stereocenters. The van der Waals surface area contributed by atoms with Crippen molar-refractivity contribution >= 4 is 41.1 Å². The van der Waals surface area contributed by atoms with Gasteiger partial charge in [-0.05, 0) is 38.0 Å². The molecule has 1 saturated heterocycles. The van der Waals surface area contributed by atoms with Gasteiger partial charge in [0.15, 0.2) is 6.10 Å². The topological polar surface area (TPSA) is 105 Å². The summed E-state index contributed by atoms with van der Waals surface area (Å²) in [6.45, 7) is 4.41. The van der Waals surface area contributed by atoms with Crippen LogP contribution in [0.5, 0.6) is 0 Å². The summed E-state index contributed by atoms with van der Waals surface area (Å²) in [6, 6.07) is 5.87. The number of hydrogen-bond acceptors (Lipinski definition) is 5. The number of esters is 1. The van der Waals surface area contributed by atoms with Gasteiger partial charge < -0.3 is 15.4 Å². The van der Waals surface area contributed by atoms with Gasteiger partial charge in [-0.2, -0.15) is 0 Å². The van der Waals surface area contributed by atoms with Gasteiger partial charge in [0.05, 0.1) is 0 Å². The SMILES string of the molecule is CCC1(CC)NC(=O)N(CC(=O)O[C@H](C)C(=O)Nc2cccc(Cl)c2)C1=O. The summed E-state index contributed by atoms with van der Waals surface area (Å²) in [6.07, 6.45) is -0.282. The van der Waals surface area contributed by atoms with E-state index in [2.05, 4.69) is 10.6 Å². The van der Waals surface area contributed by atoms with Gasteiger partial charge in [-0.3, -0.25) is 19.3 Å². The molecule has 1 aromatic carbocycles. The van der Waals surface area contributed by atoms with Crippen molar-refractivity contribution in [2.75, 3.05) is 11.9 Å². The Bertz CT molecular complexity index is 763. The van der Waals surface area contributed by atoms with E-state index in [0.29, 0.717) is 23.6 Å². The summed E-state index contributed by atoms with van der Waals surface area (Å²) in [4.78, 5) is 49.6. The Morgan fingerprint density at radius 1 is 1.30 bits per heavy atom. The second-order valence-electron chi connectivity index (χ2n) is 6.24. The molecule has 1 fully saturated rings. The molecule has 0 saturated carbocycles. The summed E-state index contributed by atoms with van der Waals surface area (Å²) in [5, 5.41) is 5.64. The van der Waals surface area contributed by atoms with Crippen molar-refractivity contribution < 1.29 is 23.9 Å². The number of benzene rings is 1. The van der Waals surface area contributed by atoms with E-state index in [0.717, 1.165) is 4.90 Å². The first-order chi connectivity index (χ1) is 12.7. The second-order valence-corrected chi connectivity index (χ2v) is 6.68. The van der Waals surface area contributed by atoms with E-state index in [-0.39, 0.29) is 0 Å². The molecule has 0 aliphatic carbocycles. The Morgan fingerprint density at radius 3 is 2.52 bits per heavy atom. The summed E-state index contributed by atoms with van der Waals surface area (Å²) < 4.78 is 5.05. The van der Waals surface area contributed by atoms with E-state index in [1.165, 1.54) is 6.92 Å². The monoisotopic (exact) mass is 395 g/mol. The number of urea groups is 1. The molecule has 4 amide bonds. The minimum Gasteiger partial charge on any atom is -0.451 e. The first-order valence-electron chi connectivity index (χ1n) is 8.62. The third-order valence-corrected chi connectivity index (χ3v) is 4.74. The molecule has 1 aliphatic heterocycles. The van der Waals surface area contributed by atoms with Crippen LogP contribution in [0.4, 0.5) is 10.5 Å². The molecule has 0 spiro atoms. The lowest BCUT2D eigenvalue weighted by atomic mass is 9.93. The number of carbonyl (C=O) groups excluding carboxylic acids is 4. The number of imide groups is 1. The summed E-state index contributed by atoms with van der Waals surface area (Å²) in [5.74, 6) is -1.87. The van der Waals surface area contributed by atoms with Crippen LogP contribution in [0.15, 0.2) is 24.3 Å². The summed E-state index contributed by atoms with van der Waals surface area (Å²) >= 11 is 5.85. The first-order valence-corrected chi connectivity index (χ1v) is 9.00. The van der Waals surface area contributed by atoms with Gasteiger partial charge in [0.25, 0.3) is 11.8 Å². The highest BCUT2D eigenvalue weighted by molar-refractivity contribution is 6.30. The molecule has 2 rings (SSSR count). The van der Waals surface area contributed by atoms with Gasteiger partial charge in [-0.15, -0.1) is 0 Å². The molecule has 1 aromatic rings. The number of rotatable bonds is 7. The Kier molecular flexibility index (Phi) is 6.43. The molecule has 0 aromatic heterocycles. The number of amides is 4. The number of hydrogen-bond donors (Lipinski definition) is 2. The number of nitrogens with zero attached hydrogens (tertiary/aromatic N) is 1. The molecular weight excluding hydrogens is 374 g/mol. The number of carbonyl (C=O) groups is 4. The Morgan fingerprint density at radius 2 is 1.96 bits per heavy atom. The lowest BCUT2D eigenvalue weighted by Crippen LogP contribution is -2.46. The van der Waals surface area contributed by atoms with E-state index < -0.39 is 42.0 Å². The standard InChI is InChI=1S/C18H22ClN3O5/c1-4-18(5-2)16(25)22(17(26)21-18)10-14(23)27-11(3)15(24)20-13-8-6-7-12(19)9-13/h6-9,11H,4-5,10H2,1-3H3,(H,20,24)(H,21,26)/t11-/m1/s1. The van der Waals surface area contributed by atoms with E-state index in [1.54, 1.807) is 38.1 Å². The molecule has 0 radical (unpaired) electrons. The summed E-state index contributed by atoms with van der Waals surface area (Å²) in [7, 11) is 0. The average molecular weight is 396 g/mol. The van der Waals surface area contributed by atoms with Gasteiger partial charge in [-0.25, -0.2) is 4.79 Å². The van der Waals surface area contributed by atoms with Crippen LogP contribution in [0.2, 0.25) is 5.02 Å². The largest absolute Gasteiger partial charge is 0.451 e. The van der Waals surface area contributed by atoms with Gasteiger partial charge in [0.1, 0.15) is 12.1 Å². The van der Waals surface area contributed by atoms with E-state index in [1.807, 2.05) is 0 Å². The summed E-state index contributed by atoms with van der Waals surface area (Å²) in [5.41, 5.74) is -0.535. The number of ether oxygens (including phenoxy) is 1. The van der Waals surface area contributed by atoms with Crippen LogP contribution >= 0.6 is 11.6 Å². The predicted octanol–water partition coefficient (Wildman–Crippen LogP) is 2.32. The lowest BCUT2D eigenvalue weighted by molar-refractivity contribution is -0.155. The molecule has 0 bridgehead atoms. The minimum absolute atomic E-state index is 0.415. The quantitative estimate of drug-likeness (QED) is 0.544. The first kappa shape index (κ1) is 20.7. The zero-order chi connectivity index (χ0) is 20.2. The number of nitrogens with one attached hydrogen (secondary N) is 2. The third-order valence-electron chi connectivity index (χ3n) is 4.51. The maximum absolute atomic E-state index is 12.5. The molecule has 1 aliphatic rings. The van der Waals surface area contributed by atoms with Crippen molar-refractivity contribution in [1.29, 1.82) is 0 Å². The smallest absolute Gasteiger partial charge is 0.327 e. The normalized spacial score (nSPS) is 16.7. The van der Waals surface area contributed by atoms with Crippen LogP contribution in [0, 0.1) is 0 Å². The highest BCUT2D eigenvalue weighted by atomic mass is 35.5. The van der Waals surface area contributed by atoms with Gasteiger partial charge >= 0.3 is 12.0 Å². The lowest BCUT2D eigenvalue weighted by Gasteiger charge is -2.23. The molecule has 9 heteroatoms. The third kappa shape index (κ3) is 4.57. The average Bonchev–Trinajstić information content (AvgIpc) is 2.86. The van der Waals surface area contributed by atoms with Crippen LogP contribution in [0.25, 0.3) is 0 Å². The van der Waals surface area contributed by atoms with E-state index >= 15 is 0 Å². The fourth-order valence-electron chi connectivity index (χ4n) is 2.78. The van der Waals surface area contributed by atoms with Gasteiger partial charge in [-0.1, -0.05) is 31.5 Å². The van der Waals surface area contributed by atoms with Crippen molar-refractivity contribution in [3.05, 3.63) is 29.3 Å². The van der Waals surface area contributed by atoms with Crippen molar-refractivity contribution in [1.82, 2.24) is 10.2 Å². The zero-order valence-corrected chi connectivity index (χ0v) is 16.1. The predicted molar refractivity (Wildman–Crippen MR) is 99.2 cm³/mol. The number of halogens is 1. The molecule has 146 valence electrons. The maximum Gasteiger partial charge on any atom is 0.327 e. The van der Waals surface area contributed by atoms with Crippen LogP contribution < -0.4 is 10.6 Å². The van der Waals surface area contributed by atoms with E-state index in [4.69, 9.17) is 16.3 Å². The van der Waals surface area contributed by atoms with Crippen molar-refractivity contribution in [2.45, 2.75) is 45.3 Å². The van der Waals surface area contributed by atoms with Crippen LogP contribution in [-0.4, -0.2) is 46.9 Å². The van der Waals surface area contributed by atoms with Crippen LogP contribution in [0.3, 0.4) is 0 Å². The van der Waals surface area contributed by atoms with Crippen LogP contribution in [0.1, 0.15) is 33.6 Å². The maximum atomic E-state index is 12.5. The van der Waals surface area contributed by atoms with Crippen LogP contribution in [-0.2, 0) is 19.1 Å².